The molecule has 0 saturated heterocycles. The number of hydrogen-bond donors (Lipinski definition) is 4. The number of amidine groups is 1. The van der Waals surface area contributed by atoms with Gasteiger partial charge in [0, 0.05) is 33.3 Å². The van der Waals surface area contributed by atoms with Gasteiger partial charge in [-0.05, 0) is 18.9 Å². The molecular formula is C12H21N5O. The van der Waals surface area contributed by atoms with E-state index in [9.17, 15) is 4.79 Å². The molecule has 0 aliphatic rings. The summed E-state index contributed by atoms with van der Waals surface area (Å²) in [4.78, 5) is 11.9. The van der Waals surface area contributed by atoms with Crippen molar-refractivity contribution in [3.63, 3.8) is 0 Å². The highest BCUT2D eigenvalue weighted by Crippen LogP contribution is 2.11. The second-order valence-corrected chi connectivity index (χ2v) is 4.21. The van der Waals surface area contributed by atoms with Crippen molar-refractivity contribution in [2.24, 2.45) is 12.8 Å². The molecule has 0 unspecified atom stereocenters. The highest BCUT2D eigenvalue weighted by atomic mass is 16.1. The van der Waals surface area contributed by atoms with Crippen molar-refractivity contribution in [1.82, 2.24) is 9.88 Å². The summed E-state index contributed by atoms with van der Waals surface area (Å²) < 4.78 is 1.79. The zero-order valence-electron chi connectivity index (χ0n) is 10.9. The Kier molecular flexibility index (Phi) is 5.23. The van der Waals surface area contributed by atoms with Crippen molar-refractivity contribution in [3.05, 3.63) is 18.0 Å². The van der Waals surface area contributed by atoms with Gasteiger partial charge in [0.2, 0.25) is 0 Å². The molecule has 6 heteroatoms. The predicted molar refractivity (Wildman–Crippen MR) is 73.1 cm³/mol. The maximum atomic E-state index is 11.9. The van der Waals surface area contributed by atoms with E-state index in [0.29, 0.717) is 18.7 Å². The van der Waals surface area contributed by atoms with Gasteiger partial charge < -0.3 is 20.9 Å². The van der Waals surface area contributed by atoms with E-state index in [1.165, 1.54) is 0 Å². The Labute approximate surface area is 107 Å². The lowest BCUT2D eigenvalue weighted by molar-refractivity contribution is 0.0945. The topological polar surface area (TPSA) is 95.9 Å². The molecular weight excluding hydrogens is 230 g/mol. The molecule has 1 heterocycles. The van der Waals surface area contributed by atoms with E-state index in [0.717, 1.165) is 18.5 Å². The van der Waals surface area contributed by atoms with E-state index >= 15 is 0 Å². The lowest BCUT2D eigenvalue weighted by atomic mass is 10.2. The van der Waals surface area contributed by atoms with E-state index in [4.69, 9.17) is 11.1 Å². The van der Waals surface area contributed by atoms with Crippen molar-refractivity contribution in [3.8, 4) is 0 Å². The van der Waals surface area contributed by atoms with Gasteiger partial charge >= 0.3 is 0 Å². The van der Waals surface area contributed by atoms with Crippen molar-refractivity contribution in [2.75, 3.05) is 18.9 Å². The number of hydrogen-bond acceptors (Lipinski definition) is 3. The van der Waals surface area contributed by atoms with Gasteiger partial charge in [-0.3, -0.25) is 10.2 Å². The first kappa shape index (κ1) is 14.1. The minimum Gasteiger partial charge on any atom is -0.388 e. The number of aromatic nitrogens is 1. The van der Waals surface area contributed by atoms with E-state index in [-0.39, 0.29) is 11.7 Å². The summed E-state index contributed by atoms with van der Waals surface area (Å²) in [5.41, 5.74) is 6.80. The number of rotatable bonds is 7. The van der Waals surface area contributed by atoms with Crippen LogP contribution in [0.5, 0.6) is 0 Å². The SMILES string of the molecule is CNc1cc(C(=O)NCCCCC(=N)N)n(C)c1. The molecule has 0 aromatic carbocycles. The van der Waals surface area contributed by atoms with Crippen molar-refractivity contribution in [1.29, 1.82) is 5.41 Å². The zero-order valence-corrected chi connectivity index (χ0v) is 10.9. The minimum absolute atomic E-state index is 0.0816. The Morgan fingerprint density at radius 3 is 2.78 bits per heavy atom. The molecule has 0 saturated carbocycles. The molecule has 100 valence electrons. The van der Waals surface area contributed by atoms with Crippen LogP contribution in [0.4, 0.5) is 5.69 Å². The monoisotopic (exact) mass is 251 g/mol. The van der Waals surface area contributed by atoms with Crippen LogP contribution in [-0.2, 0) is 7.05 Å². The van der Waals surface area contributed by atoms with Crippen molar-refractivity contribution in [2.45, 2.75) is 19.3 Å². The first-order valence-corrected chi connectivity index (χ1v) is 5.99. The average molecular weight is 251 g/mol. The summed E-state index contributed by atoms with van der Waals surface area (Å²) in [6.07, 6.45) is 4.10. The molecule has 1 aromatic heterocycles. The second kappa shape index (κ2) is 6.68. The van der Waals surface area contributed by atoms with Crippen LogP contribution in [0.2, 0.25) is 0 Å². The number of nitrogens with zero attached hydrogens (tertiary/aromatic N) is 1. The summed E-state index contributed by atoms with van der Waals surface area (Å²) in [7, 11) is 3.66. The fourth-order valence-corrected chi connectivity index (χ4v) is 1.66. The van der Waals surface area contributed by atoms with Crippen molar-refractivity contribution >= 4 is 17.4 Å². The minimum atomic E-state index is -0.0816. The molecule has 0 fully saturated rings. The molecule has 0 aliphatic heterocycles. The molecule has 5 N–H and O–H groups in total. The van der Waals surface area contributed by atoms with Gasteiger partial charge in [-0.1, -0.05) is 0 Å². The average Bonchev–Trinajstić information content (AvgIpc) is 2.69. The maximum Gasteiger partial charge on any atom is 0.267 e. The van der Waals surface area contributed by atoms with Gasteiger partial charge in [0.25, 0.3) is 5.91 Å². The fourth-order valence-electron chi connectivity index (χ4n) is 1.66. The summed E-state index contributed by atoms with van der Waals surface area (Å²) in [5, 5.41) is 12.9. The molecule has 18 heavy (non-hydrogen) atoms. The predicted octanol–water partition coefficient (Wildman–Crippen LogP) is 0.903. The first-order chi connectivity index (χ1) is 8.54. The number of carbonyl (C=O) groups excluding carboxylic acids is 1. The summed E-state index contributed by atoms with van der Waals surface area (Å²) in [6.45, 7) is 0.603. The Morgan fingerprint density at radius 2 is 2.22 bits per heavy atom. The number of unbranched alkanes of at least 4 members (excludes halogenated alkanes) is 1. The van der Waals surface area contributed by atoms with Gasteiger partial charge in [-0.15, -0.1) is 0 Å². The van der Waals surface area contributed by atoms with Gasteiger partial charge in [0.05, 0.1) is 11.5 Å². The Hall–Kier alpha value is -1.98. The molecule has 6 nitrogen and oxygen atoms in total. The number of aryl methyl sites for hydroxylation is 1. The van der Waals surface area contributed by atoms with Crippen LogP contribution in [-0.4, -0.2) is 29.9 Å². The summed E-state index contributed by atoms with van der Waals surface area (Å²) >= 11 is 0. The molecule has 1 amide bonds. The molecule has 0 bridgehead atoms. The quantitative estimate of drug-likeness (QED) is 0.329. The van der Waals surface area contributed by atoms with E-state index in [1.54, 1.807) is 4.57 Å². The molecule has 1 rings (SSSR count). The van der Waals surface area contributed by atoms with E-state index in [2.05, 4.69) is 10.6 Å². The Balaban J connectivity index is 2.36. The van der Waals surface area contributed by atoms with Gasteiger partial charge in [0.1, 0.15) is 5.69 Å². The van der Waals surface area contributed by atoms with Crippen LogP contribution in [0.15, 0.2) is 12.3 Å². The van der Waals surface area contributed by atoms with Crippen LogP contribution < -0.4 is 16.4 Å². The van der Waals surface area contributed by atoms with Gasteiger partial charge in [-0.25, -0.2) is 0 Å². The van der Waals surface area contributed by atoms with E-state index < -0.39 is 0 Å². The third kappa shape index (κ3) is 4.12. The number of nitrogens with one attached hydrogen (secondary N) is 3. The smallest absolute Gasteiger partial charge is 0.267 e. The number of nitrogens with two attached hydrogens (primary N) is 1. The van der Waals surface area contributed by atoms with Crippen LogP contribution in [0.3, 0.4) is 0 Å². The molecule has 0 radical (unpaired) electrons. The highest BCUT2D eigenvalue weighted by Gasteiger charge is 2.10. The van der Waals surface area contributed by atoms with Gasteiger partial charge in [-0.2, -0.15) is 0 Å². The molecule has 0 spiro atoms. The largest absolute Gasteiger partial charge is 0.388 e. The number of amides is 1. The number of carbonyl (C=O) groups is 1. The van der Waals surface area contributed by atoms with Crippen molar-refractivity contribution < 1.29 is 4.79 Å². The lowest BCUT2D eigenvalue weighted by Gasteiger charge is -2.05. The maximum absolute atomic E-state index is 11.9. The standard InChI is InChI=1S/C12H21N5O/c1-15-9-7-10(17(2)8-9)12(18)16-6-4-3-5-11(13)14/h7-8,15H,3-6H2,1-2H3,(H3,13,14)(H,16,18). The fraction of sp³-hybridized carbons (Fsp3) is 0.500. The normalized spacial score (nSPS) is 10.1. The van der Waals surface area contributed by atoms with Gasteiger partial charge in [0.15, 0.2) is 0 Å². The van der Waals surface area contributed by atoms with Crippen LogP contribution in [0, 0.1) is 5.41 Å². The zero-order chi connectivity index (χ0) is 13.5. The molecule has 0 atom stereocenters. The lowest BCUT2D eigenvalue weighted by Crippen LogP contribution is -2.26. The van der Waals surface area contributed by atoms with Crippen LogP contribution in [0.25, 0.3) is 0 Å². The third-order valence-electron chi connectivity index (χ3n) is 2.68. The molecule has 1 aromatic rings. The Bertz CT molecular complexity index is 424. The van der Waals surface area contributed by atoms with Crippen LogP contribution in [0.1, 0.15) is 29.8 Å². The summed E-state index contributed by atoms with van der Waals surface area (Å²) in [6, 6.07) is 1.81. The first-order valence-electron chi connectivity index (χ1n) is 5.99. The summed E-state index contributed by atoms with van der Waals surface area (Å²) in [5.74, 6) is 0.115. The highest BCUT2D eigenvalue weighted by molar-refractivity contribution is 5.93. The number of anilines is 1. The van der Waals surface area contributed by atoms with E-state index in [1.807, 2.05) is 26.4 Å². The van der Waals surface area contributed by atoms with Crippen LogP contribution >= 0.6 is 0 Å². The molecule has 0 aliphatic carbocycles. The third-order valence-corrected chi connectivity index (χ3v) is 2.68. The Morgan fingerprint density at radius 1 is 1.50 bits per heavy atom. The second-order valence-electron chi connectivity index (χ2n) is 4.21.